The smallest absolute Gasteiger partial charge is 0.267 e. The van der Waals surface area contributed by atoms with Crippen LogP contribution in [0, 0.1) is 0 Å². The summed E-state index contributed by atoms with van der Waals surface area (Å²) in [6.07, 6.45) is 0. The van der Waals surface area contributed by atoms with Gasteiger partial charge in [0.1, 0.15) is 4.88 Å². The van der Waals surface area contributed by atoms with E-state index in [9.17, 15) is 24.9 Å². The molecule has 1 aromatic heterocycles. The van der Waals surface area contributed by atoms with Crippen molar-refractivity contribution in [2.24, 2.45) is 0 Å². The Labute approximate surface area is 220 Å². The van der Waals surface area contributed by atoms with E-state index in [0.717, 1.165) is 11.3 Å². The van der Waals surface area contributed by atoms with E-state index in [1.807, 2.05) is 0 Å². The molecule has 1 heterocycles. The highest BCUT2D eigenvalue weighted by molar-refractivity contribution is 7.13. The lowest BCUT2D eigenvalue weighted by atomic mass is 10.0. The summed E-state index contributed by atoms with van der Waals surface area (Å²) in [5.74, 6) is -1.02. The molecule has 0 unspecified atom stereocenters. The zero-order valence-corrected chi connectivity index (χ0v) is 21.2. The minimum absolute atomic E-state index is 0.0972. The molecule has 35 heavy (non-hydrogen) atoms. The number of hydrogen-bond donors (Lipinski definition) is 6. The van der Waals surface area contributed by atoms with Gasteiger partial charge in [-0.3, -0.25) is 9.59 Å². The van der Waals surface area contributed by atoms with Gasteiger partial charge in [0.2, 0.25) is 0 Å². The molecule has 0 spiro atoms. The molecule has 0 radical (unpaired) electrons. The van der Waals surface area contributed by atoms with Crippen molar-refractivity contribution in [2.45, 2.75) is 12.1 Å². The van der Waals surface area contributed by atoms with Crippen LogP contribution >= 0.6 is 46.1 Å². The average molecular weight is 559 g/mol. The molecule has 0 atom stereocenters. The summed E-state index contributed by atoms with van der Waals surface area (Å²) in [5.41, 5.74) is 0.144. The Morgan fingerprint density at radius 2 is 1.49 bits per heavy atom. The third kappa shape index (κ3) is 6.72. The molecule has 8 nitrogen and oxygen atoms in total. The van der Waals surface area contributed by atoms with Crippen LogP contribution in [0.1, 0.15) is 25.6 Å². The number of carbonyl (C=O) groups excluding carboxylic acids is 2. The first kappa shape index (κ1) is 27.4. The summed E-state index contributed by atoms with van der Waals surface area (Å²) in [5, 5.41) is 39.3. The maximum atomic E-state index is 13.0. The number of benzene rings is 2. The van der Waals surface area contributed by atoms with Gasteiger partial charge in [0, 0.05) is 22.3 Å². The van der Waals surface area contributed by atoms with E-state index >= 15 is 0 Å². The van der Waals surface area contributed by atoms with Crippen LogP contribution in [-0.2, 0) is 6.54 Å². The molecule has 0 aliphatic carbocycles. The highest BCUT2D eigenvalue weighted by atomic mass is 35.5. The monoisotopic (exact) mass is 557 g/mol. The minimum Gasteiger partial charge on any atom is -0.394 e. The topological polar surface area (TPSA) is 131 Å². The van der Waals surface area contributed by atoms with E-state index in [-0.39, 0.29) is 27.7 Å². The van der Waals surface area contributed by atoms with Crippen LogP contribution in [0.3, 0.4) is 0 Å². The van der Waals surface area contributed by atoms with Gasteiger partial charge in [0.05, 0.1) is 41.6 Å². The summed E-state index contributed by atoms with van der Waals surface area (Å²) in [6, 6.07) is 11.0. The number of nitrogens with one attached hydrogen (secondary N) is 3. The van der Waals surface area contributed by atoms with Crippen molar-refractivity contribution in [1.29, 1.82) is 0 Å². The van der Waals surface area contributed by atoms with Crippen LogP contribution in [0.25, 0.3) is 0 Å². The van der Waals surface area contributed by atoms with E-state index in [2.05, 4.69) is 16.0 Å². The largest absolute Gasteiger partial charge is 0.394 e. The molecular weight excluding hydrogens is 537 g/mol. The first-order valence-corrected chi connectivity index (χ1v) is 12.2. The second-order valence-electron chi connectivity index (χ2n) is 7.62. The molecule has 0 aliphatic heterocycles. The highest BCUT2D eigenvalue weighted by Crippen LogP contribution is 2.30. The Balaban J connectivity index is 1.77. The standard InChI is InChI=1S/C23H22Cl3N3O5S/c24-14-1-4-16(5-2-14)28-21(33)17-7-15(25)3-6-18(17)29-22(34)20-19(26)13(9-35-20)8-27-23(10-30,11-31)12-32/h1-7,9,27,30-32H,8,10-12H2,(H,28,33)(H,29,34). The predicted octanol–water partition coefficient (Wildman–Crippen LogP) is 4.02. The fraction of sp³-hybridized carbons (Fsp3) is 0.217. The fourth-order valence-electron chi connectivity index (χ4n) is 2.98. The maximum absolute atomic E-state index is 13.0. The minimum atomic E-state index is -1.29. The number of aliphatic hydroxyl groups is 3. The van der Waals surface area contributed by atoms with Crippen LogP contribution < -0.4 is 16.0 Å². The Hall–Kier alpha value is -2.21. The summed E-state index contributed by atoms with van der Waals surface area (Å²) >= 11 is 19.5. The highest BCUT2D eigenvalue weighted by Gasteiger charge is 2.28. The summed E-state index contributed by atoms with van der Waals surface area (Å²) in [4.78, 5) is 26.0. The third-order valence-corrected chi connectivity index (χ3v) is 7.20. The number of aliphatic hydroxyl groups excluding tert-OH is 3. The Bertz CT molecular complexity index is 1190. The first-order valence-electron chi connectivity index (χ1n) is 10.2. The lowest BCUT2D eigenvalue weighted by Gasteiger charge is -2.28. The van der Waals surface area contributed by atoms with Gasteiger partial charge in [-0.15, -0.1) is 11.3 Å². The number of anilines is 2. The molecule has 0 saturated carbocycles. The Morgan fingerprint density at radius 1 is 0.857 bits per heavy atom. The number of rotatable bonds is 10. The SMILES string of the molecule is O=C(Nc1ccc(Cl)cc1)c1cc(Cl)ccc1NC(=O)c1scc(CNC(CO)(CO)CO)c1Cl. The summed E-state index contributed by atoms with van der Waals surface area (Å²) < 4.78 is 0. The molecule has 12 heteroatoms. The van der Waals surface area contributed by atoms with Gasteiger partial charge < -0.3 is 31.3 Å². The van der Waals surface area contributed by atoms with Gasteiger partial charge in [-0.05, 0) is 53.4 Å². The van der Waals surface area contributed by atoms with Crippen molar-refractivity contribution in [3.63, 3.8) is 0 Å². The lowest BCUT2D eigenvalue weighted by molar-refractivity contribution is 0.0414. The van der Waals surface area contributed by atoms with Gasteiger partial charge in [0.25, 0.3) is 11.8 Å². The van der Waals surface area contributed by atoms with Crippen molar-refractivity contribution in [3.8, 4) is 0 Å². The van der Waals surface area contributed by atoms with Crippen LogP contribution in [-0.4, -0.2) is 52.5 Å². The number of thiophene rings is 1. The van der Waals surface area contributed by atoms with Gasteiger partial charge >= 0.3 is 0 Å². The molecule has 0 bridgehead atoms. The summed E-state index contributed by atoms with van der Waals surface area (Å²) in [7, 11) is 0. The fourth-order valence-corrected chi connectivity index (χ4v) is 4.53. The van der Waals surface area contributed by atoms with Crippen molar-refractivity contribution < 1.29 is 24.9 Å². The Kier molecular flexibility index (Phi) is 9.51. The van der Waals surface area contributed by atoms with Crippen molar-refractivity contribution >= 4 is 69.3 Å². The Morgan fingerprint density at radius 3 is 2.11 bits per heavy atom. The van der Waals surface area contributed by atoms with Crippen LogP contribution in [0.4, 0.5) is 11.4 Å². The molecule has 2 amide bonds. The molecule has 3 aromatic rings. The normalized spacial score (nSPS) is 11.4. The lowest BCUT2D eigenvalue weighted by Crippen LogP contribution is -2.54. The van der Waals surface area contributed by atoms with E-state index in [1.54, 1.807) is 35.7 Å². The van der Waals surface area contributed by atoms with E-state index in [0.29, 0.717) is 21.3 Å². The second-order valence-corrected chi connectivity index (χ2v) is 9.75. The zero-order valence-electron chi connectivity index (χ0n) is 18.1. The molecule has 0 saturated heterocycles. The molecular formula is C23H22Cl3N3O5S. The molecule has 0 fully saturated rings. The van der Waals surface area contributed by atoms with E-state index in [4.69, 9.17) is 34.8 Å². The molecule has 186 valence electrons. The molecule has 2 aromatic carbocycles. The summed E-state index contributed by atoms with van der Waals surface area (Å²) in [6.45, 7) is -1.38. The van der Waals surface area contributed by atoms with Gasteiger partial charge in [0.15, 0.2) is 0 Å². The number of halogens is 3. The predicted molar refractivity (Wildman–Crippen MR) is 139 cm³/mol. The van der Waals surface area contributed by atoms with Crippen molar-refractivity contribution in [3.05, 3.63) is 78.9 Å². The number of hydrogen-bond acceptors (Lipinski definition) is 7. The van der Waals surface area contributed by atoms with Crippen molar-refractivity contribution in [2.75, 3.05) is 30.5 Å². The van der Waals surface area contributed by atoms with Crippen LogP contribution in [0.5, 0.6) is 0 Å². The molecule has 3 rings (SSSR count). The van der Waals surface area contributed by atoms with Crippen LogP contribution in [0.2, 0.25) is 15.1 Å². The third-order valence-electron chi connectivity index (χ3n) is 5.14. The van der Waals surface area contributed by atoms with Crippen molar-refractivity contribution in [1.82, 2.24) is 5.32 Å². The second kappa shape index (κ2) is 12.2. The van der Waals surface area contributed by atoms with Gasteiger partial charge in [-0.25, -0.2) is 0 Å². The first-order chi connectivity index (χ1) is 16.7. The van der Waals surface area contributed by atoms with Gasteiger partial charge in [-0.2, -0.15) is 0 Å². The molecule has 6 N–H and O–H groups in total. The zero-order chi connectivity index (χ0) is 25.6. The van der Waals surface area contributed by atoms with E-state index in [1.165, 1.54) is 12.1 Å². The number of amides is 2. The quantitative estimate of drug-likeness (QED) is 0.223. The average Bonchev–Trinajstić information content (AvgIpc) is 3.23. The van der Waals surface area contributed by atoms with E-state index < -0.39 is 37.2 Å². The molecule has 0 aliphatic rings. The van der Waals surface area contributed by atoms with Gasteiger partial charge in [-0.1, -0.05) is 34.8 Å². The maximum Gasteiger partial charge on any atom is 0.267 e. The number of carbonyl (C=O) groups is 2. The van der Waals surface area contributed by atoms with Crippen LogP contribution in [0.15, 0.2) is 47.8 Å².